The highest BCUT2D eigenvalue weighted by Gasteiger charge is 2.23. The first-order valence-electron chi connectivity index (χ1n) is 9.55. The van der Waals surface area contributed by atoms with Crippen molar-refractivity contribution in [3.8, 4) is 11.3 Å². The van der Waals surface area contributed by atoms with Gasteiger partial charge in [-0.25, -0.2) is 17.7 Å². The van der Waals surface area contributed by atoms with Gasteiger partial charge >= 0.3 is 0 Å². The van der Waals surface area contributed by atoms with E-state index in [1.165, 1.54) is 31.5 Å². The molecule has 0 saturated carbocycles. The van der Waals surface area contributed by atoms with Crippen LogP contribution in [0.4, 0.5) is 0 Å². The largest absolute Gasteiger partial charge is 0.346 e. The van der Waals surface area contributed by atoms with E-state index in [2.05, 4.69) is 10.3 Å². The molecule has 0 fully saturated rings. The molecule has 0 radical (unpaired) electrons. The topological polar surface area (TPSA) is 79.4 Å². The first-order chi connectivity index (χ1) is 14.5. The van der Waals surface area contributed by atoms with E-state index in [1.807, 2.05) is 31.2 Å². The average Bonchev–Trinajstić information content (AvgIpc) is 3.08. The fourth-order valence-corrected chi connectivity index (χ4v) is 5.32. The molecule has 0 spiro atoms. The van der Waals surface area contributed by atoms with Crippen molar-refractivity contribution < 1.29 is 13.2 Å². The van der Waals surface area contributed by atoms with Crippen molar-refractivity contribution in [3.63, 3.8) is 0 Å². The molecule has 2 aromatic carbocycles. The first-order valence-corrected chi connectivity index (χ1v) is 12.2. The molecule has 0 unspecified atom stereocenters. The summed E-state index contributed by atoms with van der Waals surface area (Å²) in [6.45, 7) is 5.77. The number of aryl methyl sites for hydroxylation is 2. The zero-order valence-electron chi connectivity index (χ0n) is 18.0. The molecular weight excluding hydrogens is 454 g/mol. The molecule has 6 nitrogen and oxygen atoms in total. The molecule has 0 saturated heterocycles. The summed E-state index contributed by atoms with van der Waals surface area (Å²) in [6, 6.07) is 10.6. The van der Waals surface area contributed by atoms with Crippen LogP contribution < -0.4 is 5.32 Å². The molecule has 3 aromatic rings. The molecule has 3 rings (SSSR count). The third-order valence-electron chi connectivity index (χ3n) is 5.00. The Balaban J connectivity index is 1.81. The summed E-state index contributed by atoms with van der Waals surface area (Å²) in [6.07, 6.45) is 0. The minimum Gasteiger partial charge on any atom is -0.346 e. The highest BCUT2D eigenvalue weighted by molar-refractivity contribution is 7.89. The summed E-state index contributed by atoms with van der Waals surface area (Å²) in [5.41, 5.74) is 3.49. The maximum Gasteiger partial charge on any atom is 0.251 e. The van der Waals surface area contributed by atoms with E-state index in [4.69, 9.17) is 11.6 Å². The Labute approximate surface area is 191 Å². The van der Waals surface area contributed by atoms with Crippen LogP contribution in [-0.4, -0.2) is 37.7 Å². The Kier molecular flexibility index (Phi) is 6.85. The van der Waals surface area contributed by atoms with Crippen LogP contribution in [0.25, 0.3) is 11.3 Å². The fourth-order valence-electron chi connectivity index (χ4n) is 3.08. The number of hydrogen-bond acceptors (Lipinski definition) is 5. The van der Waals surface area contributed by atoms with E-state index in [0.29, 0.717) is 16.1 Å². The maximum atomic E-state index is 12.8. The van der Waals surface area contributed by atoms with Crippen molar-refractivity contribution in [2.45, 2.75) is 32.2 Å². The number of halogens is 1. The van der Waals surface area contributed by atoms with Gasteiger partial charge in [-0.2, -0.15) is 0 Å². The molecule has 0 aliphatic rings. The number of amides is 1. The monoisotopic (exact) mass is 477 g/mol. The maximum absolute atomic E-state index is 12.8. The molecule has 164 valence electrons. The average molecular weight is 478 g/mol. The zero-order chi connectivity index (χ0) is 22.9. The van der Waals surface area contributed by atoms with Gasteiger partial charge < -0.3 is 5.32 Å². The Morgan fingerprint density at radius 2 is 1.77 bits per heavy atom. The second-order valence-corrected chi connectivity index (χ2v) is 11.3. The highest BCUT2D eigenvalue weighted by atomic mass is 35.5. The number of carbonyl (C=O) groups is 1. The summed E-state index contributed by atoms with van der Waals surface area (Å²) < 4.78 is 26.4. The van der Waals surface area contributed by atoms with E-state index in [0.717, 1.165) is 31.0 Å². The normalized spacial score (nSPS) is 11.7. The van der Waals surface area contributed by atoms with Crippen molar-refractivity contribution in [3.05, 3.63) is 68.0 Å². The minimum absolute atomic E-state index is 0.137. The lowest BCUT2D eigenvalue weighted by molar-refractivity contribution is 0.0950. The Hall–Kier alpha value is -2.26. The molecule has 0 atom stereocenters. The quantitative estimate of drug-likeness (QED) is 0.564. The summed E-state index contributed by atoms with van der Waals surface area (Å²) >= 11 is 7.46. The van der Waals surface area contributed by atoms with E-state index >= 15 is 0 Å². The lowest BCUT2D eigenvalue weighted by Gasteiger charge is -2.16. The highest BCUT2D eigenvalue weighted by Crippen LogP contribution is 2.28. The van der Waals surface area contributed by atoms with Gasteiger partial charge in [0, 0.05) is 35.1 Å². The van der Waals surface area contributed by atoms with Crippen LogP contribution >= 0.6 is 22.9 Å². The third-order valence-corrected chi connectivity index (χ3v) is 8.16. The SMILES string of the molecule is Cc1cc(C(=O)NCc2nc(-c3ccc(Cl)cc3)c(C)s2)cc(S(=O)(=O)N(C)C)c1C. The van der Waals surface area contributed by atoms with Crippen LogP contribution in [0, 0.1) is 20.8 Å². The van der Waals surface area contributed by atoms with Crippen LogP contribution in [0.5, 0.6) is 0 Å². The summed E-state index contributed by atoms with van der Waals surface area (Å²) in [5.74, 6) is -0.348. The second kappa shape index (κ2) is 9.08. The molecule has 0 bridgehead atoms. The number of nitrogens with one attached hydrogen (secondary N) is 1. The van der Waals surface area contributed by atoms with E-state index in [9.17, 15) is 13.2 Å². The van der Waals surface area contributed by atoms with E-state index in [-0.39, 0.29) is 17.3 Å². The molecule has 1 amide bonds. The van der Waals surface area contributed by atoms with Gasteiger partial charge in [0.05, 0.1) is 17.1 Å². The molecule has 1 N–H and O–H groups in total. The molecular formula is C22H24ClN3O3S2. The standard InChI is InChI=1S/C22H24ClN3O3S2/c1-13-10-17(11-19(14(13)2)31(28,29)26(4)5)22(27)24-12-20-25-21(15(3)30-20)16-6-8-18(23)9-7-16/h6-11H,12H2,1-5H3,(H,24,27). The van der Waals surface area contributed by atoms with Gasteiger partial charge in [0.2, 0.25) is 10.0 Å². The number of thiazole rings is 1. The van der Waals surface area contributed by atoms with Gasteiger partial charge in [-0.15, -0.1) is 11.3 Å². The van der Waals surface area contributed by atoms with Crippen LogP contribution in [0.3, 0.4) is 0 Å². The first kappa shape index (κ1) is 23.4. The van der Waals surface area contributed by atoms with Gasteiger partial charge in [-0.3, -0.25) is 4.79 Å². The number of hydrogen-bond donors (Lipinski definition) is 1. The number of sulfonamides is 1. The van der Waals surface area contributed by atoms with Crippen LogP contribution in [0.2, 0.25) is 5.02 Å². The Morgan fingerprint density at radius 3 is 2.39 bits per heavy atom. The lowest BCUT2D eigenvalue weighted by atomic mass is 10.1. The van der Waals surface area contributed by atoms with E-state index in [1.54, 1.807) is 19.9 Å². The zero-order valence-corrected chi connectivity index (χ0v) is 20.4. The number of benzene rings is 2. The summed E-state index contributed by atoms with van der Waals surface area (Å²) in [4.78, 5) is 18.6. The van der Waals surface area contributed by atoms with Crippen LogP contribution in [-0.2, 0) is 16.6 Å². The smallest absolute Gasteiger partial charge is 0.251 e. The molecule has 1 heterocycles. The molecule has 0 aliphatic carbocycles. The van der Waals surface area contributed by atoms with Gasteiger partial charge in [0.15, 0.2) is 0 Å². The Bertz CT molecular complexity index is 1230. The summed E-state index contributed by atoms with van der Waals surface area (Å²) in [5, 5.41) is 4.28. The Morgan fingerprint density at radius 1 is 1.13 bits per heavy atom. The summed E-state index contributed by atoms with van der Waals surface area (Å²) in [7, 11) is -0.711. The number of carbonyl (C=O) groups excluding carboxylic acids is 1. The number of rotatable bonds is 6. The molecule has 1 aromatic heterocycles. The van der Waals surface area contributed by atoms with Crippen molar-refractivity contribution in [2.75, 3.05) is 14.1 Å². The lowest BCUT2D eigenvalue weighted by Crippen LogP contribution is -2.26. The predicted octanol–water partition coefficient (Wildman–Crippen LogP) is 4.57. The van der Waals surface area contributed by atoms with Crippen molar-refractivity contribution >= 4 is 38.9 Å². The van der Waals surface area contributed by atoms with Crippen molar-refractivity contribution in [2.24, 2.45) is 0 Å². The minimum atomic E-state index is -3.66. The fraction of sp³-hybridized carbons (Fsp3) is 0.273. The van der Waals surface area contributed by atoms with Crippen molar-refractivity contribution in [1.82, 2.24) is 14.6 Å². The van der Waals surface area contributed by atoms with Gasteiger partial charge in [-0.1, -0.05) is 23.7 Å². The van der Waals surface area contributed by atoms with E-state index < -0.39 is 10.0 Å². The molecule has 31 heavy (non-hydrogen) atoms. The van der Waals surface area contributed by atoms with Crippen LogP contribution in [0.1, 0.15) is 31.4 Å². The molecule has 0 aliphatic heterocycles. The van der Waals surface area contributed by atoms with Crippen LogP contribution in [0.15, 0.2) is 41.3 Å². The van der Waals surface area contributed by atoms with Gasteiger partial charge in [-0.05, 0) is 56.2 Å². The molecule has 9 heteroatoms. The third kappa shape index (κ3) is 4.98. The number of nitrogens with zero attached hydrogens (tertiary/aromatic N) is 2. The van der Waals surface area contributed by atoms with Gasteiger partial charge in [0.1, 0.15) is 5.01 Å². The second-order valence-electron chi connectivity index (χ2n) is 7.41. The van der Waals surface area contributed by atoms with Crippen molar-refractivity contribution in [1.29, 1.82) is 0 Å². The van der Waals surface area contributed by atoms with Gasteiger partial charge in [0.25, 0.3) is 5.91 Å². The predicted molar refractivity (Wildman–Crippen MR) is 125 cm³/mol. The number of aromatic nitrogens is 1.